The van der Waals surface area contributed by atoms with Gasteiger partial charge in [0, 0.05) is 43.5 Å². The first-order chi connectivity index (χ1) is 12.1. The molecule has 134 valence electrons. The monoisotopic (exact) mass is 346 g/mol. The number of hydrogen-bond acceptors (Lipinski definition) is 3. The van der Waals surface area contributed by atoms with Crippen LogP contribution in [0, 0.1) is 5.82 Å². The number of nitrogens with zero attached hydrogens (tertiary/aromatic N) is 2. The molecular weight excluding hydrogens is 323 g/mol. The summed E-state index contributed by atoms with van der Waals surface area (Å²) in [5, 5.41) is 5.53. The molecule has 3 amide bonds. The lowest BCUT2D eigenvalue weighted by Gasteiger charge is -2.19. The van der Waals surface area contributed by atoms with Gasteiger partial charge in [0.15, 0.2) is 0 Å². The van der Waals surface area contributed by atoms with E-state index in [-0.39, 0.29) is 17.8 Å². The van der Waals surface area contributed by atoms with Crippen molar-refractivity contribution in [3.05, 3.63) is 24.0 Å². The Morgan fingerprint density at radius 1 is 1.16 bits per heavy atom. The second-order valence-corrected chi connectivity index (χ2v) is 7.17. The van der Waals surface area contributed by atoms with E-state index >= 15 is 0 Å². The summed E-state index contributed by atoms with van der Waals surface area (Å²) in [6.45, 7) is 2.39. The molecule has 1 aromatic rings. The van der Waals surface area contributed by atoms with Crippen LogP contribution in [-0.4, -0.2) is 48.6 Å². The van der Waals surface area contributed by atoms with Gasteiger partial charge >= 0.3 is 6.03 Å². The first kappa shape index (κ1) is 16.2. The highest BCUT2D eigenvalue weighted by Crippen LogP contribution is 2.30. The molecule has 2 aliphatic heterocycles. The van der Waals surface area contributed by atoms with E-state index in [9.17, 15) is 14.0 Å². The van der Waals surface area contributed by atoms with Crippen molar-refractivity contribution in [2.24, 2.45) is 0 Å². The Labute approximate surface area is 146 Å². The molecule has 1 aliphatic carbocycles. The van der Waals surface area contributed by atoms with E-state index < -0.39 is 6.03 Å². The van der Waals surface area contributed by atoms with Gasteiger partial charge in [-0.25, -0.2) is 9.18 Å². The van der Waals surface area contributed by atoms with Gasteiger partial charge in [0.25, 0.3) is 0 Å². The summed E-state index contributed by atoms with van der Waals surface area (Å²) in [7, 11) is 0. The van der Waals surface area contributed by atoms with E-state index in [2.05, 4.69) is 15.5 Å². The SMILES string of the molecule is O=C(Nc1cc(F)cc(N2CCCC2)c1)N[C@H]1CC(=O)N(C2CC2)C1. The van der Waals surface area contributed by atoms with Gasteiger partial charge in [-0.1, -0.05) is 0 Å². The van der Waals surface area contributed by atoms with Gasteiger partial charge in [0.1, 0.15) is 5.82 Å². The summed E-state index contributed by atoms with van der Waals surface area (Å²) in [6.07, 6.45) is 4.67. The van der Waals surface area contributed by atoms with Crippen molar-refractivity contribution in [3.63, 3.8) is 0 Å². The largest absolute Gasteiger partial charge is 0.371 e. The van der Waals surface area contributed by atoms with Gasteiger partial charge in [0.05, 0.1) is 6.04 Å². The third kappa shape index (κ3) is 3.70. The normalized spacial score (nSPS) is 23.2. The summed E-state index contributed by atoms with van der Waals surface area (Å²) < 4.78 is 13.9. The van der Waals surface area contributed by atoms with Crippen LogP contribution >= 0.6 is 0 Å². The second kappa shape index (κ2) is 6.54. The smallest absolute Gasteiger partial charge is 0.319 e. The van der Waals surface area contributed by atoms with Crippen LogP contribution in [0.4, 0.5) is 20.6 Å². The van der Waals surface area contributed by atoms with Crippen LogP contribution in [0.15, 0.2) is 18.2 Å². The molecule has 3 fully saturated rings. The minimum absolute atomic E-state index is 0.106. The molecular formula is C18H23FN4O2. The third-order valence-electron chi connectivity index (χ3n) is 5.09. The van der Waals surface area contributed by atoms with Crippen molar-refractivity contribution >= 4 is 23.3 Å². The van der Waals surface area contributed by atoms with Gasteiger partial charge in [0.2, 0.25) is 5.91 Å². The highest BCUT2D eigenvalue weighted by molar-refractivity contribution is 5.91. The highest BCUT2D eigenvalue weighted by Gasteiger charge is 2.39. The number of likely N-dealkylation sites (tertiary alicyclic amines) is 1. The predicted molar refractivity (Wildman–Crippen MR) is 93.1 cm³/mol. The molecule has 2 heterocycles. The molecule has 2 saturated heterocycles. The molecule has 0 aromatic heterocycles. The first-order valence-electron chi connectivity index (χ1n) is 9.01. The van der Waals surface area contributed by atoms with Crippen LogP contribution in [0.25, 0.3) is 0 Å². The van der Waals surface area contributed by atoms with Gasteiger partial charge in [-0.05, 0) is 43.9 Å². The predicted octanol–water partition coefficient (Wildman–Crippen LogP) is 2.31. The Morgan fingerprint density at radius 3 is 2.64 bits per heavy atom. The molecule has 6 nitrogen and oxygen atoms in total. The van der Waals surface area contributed by atoms with Crippen molar-refractivity contribution in [2.75, 3.05) is 29.9 Å². The molecule has 0 bridgehead atoms. The number of benzene rings is 1. The van der Waals surface area contributed by atoms with Gasteiger partial charge < -0.3 is 20.4 Å². The molecule has 0 radical (unpaired) electrons. The fourth-order valence-corrected chi connectivity index (χ4v) is 3.72. The summed E-state index contributed by atoms with van der Waals surface area (Å²) in [5.74, 6) is -0.259. The second-order valence-electron chi connectivity index (χ2n) is 7.17. The average Bonchev–Trinajstić information content (AvgIpc) is 3.10. The lowest BCUT2D eigenvalue weighted by molar-refractivity contribution is -0.128. The zero-order valence-electron chi connectivity index (χ0n) is 14.1. The molecule has 4 rings (SSSR count). The number of anilines is 2. The van der Waals surface area contributed by atoms with Gasteiger partial charge in [-0.3, -0.25) is 4.79 Å². The Kier molecular flexibility index (Phi) is 4.23. The van der Waals surface area contributed by atoms with Crippen LogP contribution in [0.3, 0.4) is 0 Å². The van der Waals surface area contributed by atoms with Crippen molar-refractivity contribution < 1.29 is 14.0 Å². The zero-order valence-corrected chi connectivity index (χ0v) is 14.1. The van der Waals surface area contributed by atoms with Crippen LogP contribution in [0.2, 0.25) is 0 Å². The fraction of sp³-hybridized carbons (Fsp3) is 0.556. The van der Waals surface area contributed by atoms with E-state index in [0.717, 1.165) is 44.5 Å². The number of halogens is 1. The molecule has 1 aromatic carbocycles. The average molecular weight is 346 g/mol. The van der Waals surface area contributed by atoms with E-state index in [1.807, 2.05) is 4.90 Å². The number of hydrogen-bond donors (Lipinski definition) is 2. The maximum atomic E-state index is 13.9. The minimum Gasteiger partial charge on any atom is -0.371 e. The topological polar surface area (TPSA) is 64.7 Å². The van der Waals surface area contributed by atoms with Crippen LogP contribution < -0.4 is 15.5 Å². The summed E-state index contributed by atoms with van der Waals surface area (Å²) in [5.41, 5.74) is 1.23. The van der Waals surface area contributed by atoms with E-state index in [0.29, 0.717) is 24.7 Å². The summed E-state index contributed by atoms with van der Waals surface area (Å²) >= 11 is 0. The molecule has 7 heteroatoms. The Hall–Kier alpha value is -2.31. The van der Waals surface area contributed by atoms with Crippen molar-refractivity contribution in [2.45, 2.75) is 44.2 Å². The fourth-order valence-electron chi connectivity index (χ4n) is 3.72. The summed E-state index contributed by atoms with van der Waals surface area (Å²) in [6, 6.07) is 4.40. The molecule has 1 saturated carbocycles. The first-order valence-corrected chi connectivity index (χ1v) is 9.01. The molecule has 2 N–H and O–H groups in total. The standard InChI is InChI=1S/C18H23FN4O2/c19-12-7-13(9-16(8-12)22-5-1-2-6-22)20-18(25)21-14-10-17(24)23(11-14)15-3-4-15/h7-9,14-15H,1-6,10-11H2,(H2,20,21,25)/t14-/m0/s1. The molecule has 0 unspecified atom stereocenters. The molecule has 1 atom stereocenters. The van der Waals surface area contributed by atoms with Crippen LogP contribution in [-0.2, 0) is 4.79 Å². The highest BCUT2D eigenvalue weighted by atomic mass is 19.1. The number of amides is 3. The maximum Gasteiger partial charge on any atom is 0.319 e. The van der Waals surface area contributed by atoms with E-state index in [1.54, 1.807) is 6.07 Å². The minimum atomic E-state index is -0.395. The molecule has 25 heavy (non-hydrogen) atoms. The lowest BCUT2D eigenvalue weighted by Crippen LogP contribution is -2.40. The number of carbonyl (C=O) groups excluding carboxylic acids is 2. The van der Waals surface area contributed by atoms with Gasteiger partial charge in [-0.2, -0.15) is 0 Å². The van der Waals surface area contributed by atoms with Crippen molar-refractivity contribution in [3.8, 4) is 0 Å². The van der Waals surface area contributed by atoms with Crippen molar-refractivity contribution in [1.29, 1.82) is 0 Å². The lowest BCUT2D eigenvalue weighted by atomic mass is 10.2. The van der Waals surface area contributed by atoms with Crippen LogP contribution in [0.5, 0.6) is 0 Å². The third-order valence-corrected chi connectivity index (χ3v) is 5.09. The Bertz CT molecular complexity index is 686. The molecule has 0 spiro atoms. The van der Waals surface area contributed by atoms with Crippen LogP contribution in [0.1, 0.15) is 32.1 Å². The van der Waals surface area contributed by atoms with E-state index in [4.69, 9.17) is 0 Å². The summed E-state index contributed by atoms with van der Waals surface area (Å²) in [4.78, 5) is 28.1. The van der Waals surface area contributed by atoms with Gasteiger partial charge in [-0.15, -0.1) is 0 Å². The number of carbonyl (C=O) groups is 2. The zero-order chi connectivity index (χ0) is 17.4. The number of urea groups is 1. The molecule has 3 aliphatic rings. The van der Waals surface area contributed by atoms with E-state index in [1.165, 1.54) is 12.1 Å². The van der Waals surface area contributed by atoms with Crippen molar-refractivity contribution in [1.82, 2.24) is 10.2 Å². The Morgan fingerprint density at radius 2 is 1.92 bits per heavy atom. The quantitative estimate of drug-likeness (QED) is 0.879. The number of nitrogens with one attached hydrogen (secondary N) is 2. The maximum absolute atomic E-state index is 13.9. The number of rotatable bonds is 4. The Balaban J connectivity index is 1.36.